The van der Waals surface area contributed by atoms with Crippen LogP contribution in [-0.4, -0.2) is 84.2 Å². The van der Waals surface area contributed by atoms with Crippen LogP contribution in [0.1, 0.15) is 12.1 Å². The van der Waals surface area contributed by atoms with Gasteiger partial charge >= 0.3 is 0 Å². The lowest BCUT2D eigenvalue weighted by Gasteiger charge is -2.32. The van der Waals surface area contributed by atoms with E-state index in [1.165, 1.54) is 6.42 Å². The molecule has 0 aliphatic carbocycles. The van der Waals surface area contributed by atoms with Crippen LogP contribution in [0.25, 0.3) is 5.65 Å². The molecule has 7 heteroatoms. The SMILES string of the molecule is CN=C(NCCc1cn2ccccc2n1)N1CCC(N2CCOCC2)C1. The highest BCUT2D eigenvalue weighted by Gasteiger charge is 2.30. The maximum absolute atomic E-state index is 5.47. The summed E-state index contributed by atoms with van der Waals surface area (Å²) in [4.78, 5) is 14.1. The monoisotopic (exact) mass is 356 g/mol. The second kappa shape index (κ2) is 8.05. The minimum Gasteiger partial charge on any atom is -0.379 e. The lowest BCUT2D eigenvalue weighted by atomic mass is 10.2. The third kappa shape index (κ3) is 3.83. The van der Waals surface area contributed by atoms with Gasteiger partial charge in [0.1, 0.15) is 5.65 Å². The highest BCUT2D eigenvalue weighted by atomic mass is 16.5. The number of aromatic nitrogens is 2. The van der Waals surface area contributed by atoms with Crippen molar-refractivity contribution >= 4 is 11.6 Å². The molecule has 2 fully saturated rings. The van der Waals surface area contributed by atoms with Gasteiger partial charge in [0.2, 0.25) is 0 Å². The summed E-state index contributed by atoms with van der Waals surface area (Å²) >= 11 is 0. The molecule has 0 aromatic carbocycles. The first-order valence-electron chi connectivity index (χ1n) is 9.53. The molecule has 140 valence electrons. The predicted octanol–water partition coefficient (Wildman–Crippen LogP) is 0.859. The fourth-order valence-electron chi connectivity index (χ4n) is 3.92. The number of hydrogen-bond donors (Lipinski definition) is 1. The zero-order chi connectivity index (χ0) is 17.8. The van der Waals surface area contributed by atoms with Gasteiger partial charge in [-0.2, -0.15) is 0 Å². The molecule has 2 aromatic heterocycles. The van der Waals surface area contributed by atoms with Crippen LogP contribution in [0.2, 0.25) is 0 Å². The second-order valence-corrected chi connectivity index (χ2v) is 6.96. The Kier molecular flexibility index (Phi) is 5.36. The first kappa shape index (κ1) is 17.3. The number of guanidine groups is 1. The number of aliphatic imine (C=N–C) groups is 1. The lowest BCUT2D eigenvalue weighted by molar-refractivity contribution is 0.0195. The van der Waals surface area contributed by atoms with E-state index in [0.717, 1.165) is 69.7 Å². The normalized spacial score (nSPS) is 22.3. The van der Waals surface area contributed by atoms with Gasteiger partial charge in [-0.15, -0.1) is 0 Å². The second-order valence-electron chi connectivity index (χ2n) is 6.96. The van der Waals surface area contributed by atoms with Crippen molar-refractivity contribution in [3.63, 3.8) is 0 Å². The summed E-state index contributed by atoms with van der Waals surface area (Å²) in [6.07, 6.45) is 6.23. The fraction of sp³-hybridized carbons (Fsp3) is 0.579. The first-order valence-corrected chi connectivity index (χ1v) is 9.53. The number of ether oxygens (including phenoxy) is 1. The van der Waals surface area contributed by atoms with Crippen LogP contribution in [0.5, 0.6) is 0 Å². The van der Waals surface area contributed by atoms with Gasteiger partial charge < -0.3 is 19.4 Å². The molecule has 2 aromatic rings. The Morgan fingerprint density at radius 1 is 1.31 bits per heavy atom. The van der Waals surface area contributed by atoms with Crippen molar-refractivity contribution in [3.05, 3.63) is 36.3 Å². The Morgan fingerprint density at radius 3 is 3.00 bits per heavy atom. The van der Waals surface area contributed by atoms with Crippen LogP contribution in [0.3, 0.4) is 0 Å². The van der Waals surface area contributed by atoms with E-state index in [4.69, 9.17) is 4.74 Å². The highest BCUT2D eigenvalue weighted by molar-refractivity contribution is 5.80. The van der Waals surface area contributed by atoms with Gasteiger partial charge in [-0.25, -0.2) is 4.98 Å². The molecular weight excluding hydrogens is 328 g/mol. The molecule has 4 rings (SSSR count). The molecular formula is C19H28N6O. The molecule has 1 N–H and O–H groups in total. The third-order valence-electron chi connectivity index (χ3n) is 5.31. The summed E-state index contributed by atoms with van der Waals surface area (Å²) in [6.45, 7) is 6.79. The van der Waals surface area contributed by atoms with Crippen LogP contribution in [-0.2, 0) is 11.2 Å². The zero-order valence-electron chi connectivity index (χ0n) is 15.5. The van der Waals surface area contributed by atoms with Crippen molar-refractivity contribution in [1.82, 2.24) is 24.5 Å². The first-order chi connectivity index (χ1) is 12.8. The molecule has 0 saturated carbocycles. The standard InChI is InChI=1S/C19H28N6O/c1-20-19(25-9-6-17(15-25)23-10-12-26-13-11-23)21-7-5-16-14-24-8-3-2-4-18(24)22-16/h2-4,8,14,17H,5-7,9-13,15H2,1H3,(H,20,21). The zero-order valence-corrected chi connectivity index (χ0v) is 15.5. The average molecular weight is 356 g/mol. The van der Waals surface area contributed by atoms with Gasteiger partial charge in [0.25, 0.3) is 0 Å². The average Bonchev–Trinajstić information content (AvgIpc) is 3.33. The van der Waals surface area contributed by atoms with Crippen LogP contribution in [0.4, 0.5) is 0 Å². The van der Waals surface area contributed by atoms with E-state index in [2.05, 4.69) is 35.7 Å². The molecule has 26 heavy (non-hydrogen) atoms. The number of morpholine rings is 1. The number of hydrogen-bond acceptors (Lipinski definition) is 4. The van der Waals surface area contributed by atoms with Crippen molar-refractivity contribution < 1.29 is 4.74 Å². The summed E-state index contributed by atoms with van der Waals surface area (Å²) in [5, 5.41) is 3.51. The van der Waals surface area contributed by atoms with Crippen LogP contribution >= 0.6 is 0 Å². The molecule has 2 aliphatic rings. The van der Waals surface area contributed by atoms with Crippen molar-refractivity contribution in [2.45, 2.75) is 18.9 Å². The van der Waals surface area contributed by atoms with Crippen molar-refractivity contribution in [2.24, 2.45) is 4.99 Å². The number of rotatable bonds is 4. The van der Waals surface area contributed by atoms with Crippen molar-refractivity contribution in [1.29, 1.82) is 0 Å². The minimum atomic E-state index is 0.621. The summed E-state index contributed by atoms with van der Waals surface area (Å²) in [5.41, 5.74) is 2.10. The molecule has 1 unspecified atom stereocenters. The molecule has 1 atom stereocenters. The minimum absolute atomic E-state index is 0.621. The predicted molar refractivity (Wildman–Crippen MR) is 103 cm³/mol. The van der Waals surface area contributed by atoms with Gasteiger partial charge in [-0.3, -0.25) is 9.89 Å². The molecule has 2 aliphatic heterocycles. The van der Waals surface area contributed by atoms with E-state index in [9.17, 15) is 0 Å². The number of nitrogens with one attached hydrogen (secondary N) is 1. The number of imidazole rings is 1. The number of pyridine rings is 1. The Bertz CT molecular complexity index is 718. The van der Waals surface area contributed by atoms with Crippen LogP contribution in [0.15, 0.2) is 35.6 Å². The highest BCUT2D eigenvalue weighted by Crippen LogP contribution is 2.17. The van der Waals surface area contributed by atoms with Crippen LogP contribution < -0.4 is 5.32 Å². The molecule has 7 nitrogen and oxygen atoms in total. The van der Waals surface area contributed by atoms with Crippen molar-refractivity contribution in [2.75, 3.05) is 53.0 Å². The number of nitrogens with zero attached hydrogens (tertiary/aromatic N) is 5. The smallest absolute Gasteiger partial charge is 0.193 e. The maximum Gasteiger partial charge on any atom is 0.193 e. The van der Waals surface area contributed by atoms with E-state index in [1.54, 1.807) is 0 Å². The maximum atomic E-state index is 5.47. The Labute approximate surface area is 154 Å². The molecule has 4 heterocycles. The third-order valence-corrected chi connectivity index (χ3v) is 5.31. The summed E-state index contributed by atoms with van der Waals surface area (Å²) in [6, 6.07) is 6.70. The lowest BCUT2D eigenvalue weighted by Crippen LogP contribution is -2.46. The van der Waals surface area contributed by atoms with E-state index in [-0.39, 0.29) is 0 Å². The van der Waals surface area contributed by atoms with Gasteiger partial charge in [-0.1, -0.05) is 6.07 Å². The summed E-state index contributed by atoms with van der Waals surface area (Å²) in [7, 11) is 1.87. The Hall–Kier alpha value is -2.12. The molecule has 0 radical (unpaired) electrons. The fourth-order valence-corrected chi connectivity index (χ4v) is 3.92. The van der Waals surface area contributed by atoms with E-state index in [1.807, 2.05) is 31.4 Å². The number of likely N-dealkylation sites (tertiary alicyclic amines) is 1. The molecule has 2 saturated heterocycles. The summed E-state index contributed by atoms with van der Waals surface area (Å²) in [5.74, 6) is 1.00. The number of fused-ring (bicyclic) bond motifs is 1. The van der Waals surface area contributed by atoms with Gasteiger partial charge in [0.05, 0.1) is 18.9 Å². The van der Waals surface area contributed by atoms with Crippen molar-refractivity contribution in [3.8, 4) is 0 Å². The van der Waals surface area contributed by atoms with E-state index >= 15 is 0 Å². The van der Waals surface area contributed by atoms with E-state index < -0.39 is 0 Å². The largest absolute Gasteiger partial charge is 0.379 e. The van der Waals surface area contributed by atoms with Gasteiger partial charge in [0, 0.05) is 64.6 Å². The molecule has 0 bridgehead atoms. The Balaban J connectivity index is 1.28. The Morgan fingerprint density at radius 2 is 2.19 bits per heavy atom. The molecule has 0 amide bonds. The van der Waals surface area contributed by atoms with Gasteiger partial charge in [0.15, 0.2) is 5.96 Å². The molecule has 0 spiro atoms. The van der Waals surface area contributed by atoms with Gasteiger partial charge in [-0.05, 0) is 18.6 Å². The van der Waals surface area contributed by atoms with Crippen LogP contribution in [0, 0.1) is 0 Å². The quantitative estimate of drug-likeness (QED) is 0.650. The summed E-state index contributed by atoms with van der Waals surface area (Å²) < 4.78 is 7.54. The topological polar surface area (TPSA) is 57.4 Å². The van der Waals surface area contributed by atoms with E-state index in [0.29, 0.717) is 6.04 Å².